The molecule has 0 saturated carbocycles. The molecule has 1 aromatic carbocycles. The van der Waals surface area contributed by atoms with Crippen LogP contribution in [-0.2, 0) is 11.3 Å². The van der Waals surface area contributed by atoms with Crippen LogP contribution in [0, 0.1) is 0 Å². The number of aromatic nitrogens is 5. The number of nitrogens with zero attached hydrogens (tertiary/aromatic N) is 6. The number of rotatable bonds is 7. The SMILES string of the molecule is CCCOC(=O)N1CCC(c2nc(COc3ccc(-n4cnnn4)cc3)cs2)CC1. The molecule has 0 atom stereocenters. The average Bonchev–Trinajstić information content (AvgIpc) is 3.49. The first kappa shape index (κ1) is 20.3. The average molecular weight is 429 g/mol. The Morgan fingerprint density at radius 2 is 2.03 bits per heavy atom. The first-order valence-corrected chi connectivity index (χ1v) is 10.9. The molecule has 0 unspecified atom stereocenters. The largest absolute Gasteiger partial charge is 0.487 e. The number of benzene rings is 1. The molecule has 1 fully saturated rings. The van der Waals surface area contributed by atoms with E-state index in [1.54, 1.807) is 27.2 Å². The zero-order valence-corrected chi connectivity index (χ0v) is 17.6. The second kappa shape index (κ2) is 9.66. The van der Waals surface area contributed by atoms with Crippen LogP contribution in [0.3, 0.4) is 0 Å². The molecule has 1 saturated heterocycles. The normalized spacial score (nSPS) is 14.6. The summed E-state index contributed by atoms with van der Waals surface area (Å²) in [5.74, 6) is 1.15. The predicted molar refractivity (Wildman–Crippen MR) is 111 cm³/mol. The van der Waals surface area contributed by atoms with Crippen molar-refractivity contribution in [2.75, 3.05) is 19.7 Å². The highest BCUT2D eigenvalue weighted by atomic mass is 32.1. The monoisotopic (exact) mass is 428 g/mol. The van der Waals surface area contributed by atoms with Crippen LogP contribution in [0.1, 0.15) is 42.8 Å². The Bertz CT molecular complexity index is 936. The number of piperidine rings is 1. The molecule has 3 heterocycles. The Labute approximate surface area is 178 Å². The molecular weight excluding hydrogens is 404 g/mol. The Morgan fingerprint density at radius 1 is 1.23 bits per heavy atom. The van der Waals surface area contributed by atoms with Crippen molar-refractivity contribution in [1.29, 1.82) is 0 Å². The van der Waals surface area contributed by atoms with Gasteiger partial charge in [-0.3, -0.25) is 0 Å². The van der Waals surface area contributed by atoms with E-state index in [9.17, 15) is 4.79 Å². The number of likely N-dealkylation sites (tertiary alicyclic amines) is 1. The number of ether oxygens (including phenoxy) is 2. The number of hydrogen-bond donors (Lipinski definition) is 0. The summed E-state index contributed by atoms with van der Waals surface area (Å²) >= 11 is 1.66. The summed E-state index contributed by atoms with van der Waals surface area (Å²) in [5, 5.41) is 14.3. The fraction of sp³-hybridized carbons (Fsp3) is 0.450. The number of amides is 1. The number of hydrogen-bond acceptors (Lipinski definition) is 8. The Kier molecular flexibility index (Phi) is 6.53. The Balaban J connectivity index is 1.26. The van der Waals surface area contributed by atoms with Gasteiger partial charge in [-0.15, -0.1) is 16.4 Å². The summed E-state index contributed by atoms with van der Waals surface area (Å²) in [4.78, 5) is 18.5. The van der Waals surface area contributed by atoms with E-state index in [4.69, 9.17) is 14.5 Å². The zero-order chi connectivity index (χ0) is 20.8. The number of tetrazole rings is 1. The lowest BCUT2D eigenvalue weighted by Crippen LogP contribution is -2.38. The molecule has 0 radical (unpaired) electrons. The van der Waals surface area contributed by atoms with Gasteiger partial charge in [0.1, 0.15) is 18.7 Å². The minimum atomic E-state index is -0.199. The van der Waals surface area contributed by atoms with Crippen LogP contribution in [0.4, 0.5) is 4.79 Å². The van der Waals surface area contributed by atoms with Crippen LogP contribution in [-0.4, -0.2) is 55.9 Å². The molecule has 3 aromatic rings. The molecule has 1 amide bonds. The van der Waals surface area contributed by atoms with E-state index >= 15 is 0 Å². The van der Waals surface area contributed by atoms with Gasteiger partial charge in [-0.1, -0.05) is 6.92 Å². The third-order valence-electron chi connectivity index (χ3n) is 4.94. The van der Waals surface area contributed by atoms with Gasteiger partial charge in [-0.25, -0.2) is 14.5 Å². The zero-order valence-electron chi connectivity index (χ0n) is 16.8. The molecule has 0 bridgehead atoms. The summed E-state index contributed by atoms with van der Waals surface area (Å²) in [7, 11) is 0. The number of carbonyl (C=O) groups is 1. The van der Waals surface area contributed by atoms with Gasteiger partial charge >= 0.3 is 6.09 Å². The Morgan fingerprint density at radius 3 is 2.73 bits per heavy atom. The molecule has 4 rings (SSSR count). The van der Waals surface area contributed by atoms with Crippen molar-refractivity contribution >= 4 is 17.4 Å². The maximum atomic E-state index is 12.0. The molecule has 158 valence electrons. The molecule has 1 aliphatic heterocycles. The van der Waals surface area contributed by atoms with Gasteiger partial charge < -0.3 is 14.4 Å². The third kappa shape index (κ3) is 4.93. The lowest BCUT2D eigenvalue weighted by atomic mass is 9.98. The molecule has 2 aromatic heterocycles. The van der Waals surface area contributed by atoms with Crippen LogP contribution in [0.5, 0.6) is 5.75 Å². The fourth-order valence-corrected chi connectivity index (χ4v) is 4.27. The van der Waals surface area contributed by atoms with Gasteiger partial charge in [-0.2, -0.15) is 0 Å². The van der Waals surface area contributed by atoms with Crippen LogP contribution < -0.4 is 4.74 Å². The standard InChI is InChI=1S/C20H24N6O3S/c1-2-11-28-20(27)25-9-7-15(8-10-25)19-22-16(13-30-19)12-29-18-5-3-17(4-6-18)26-14-21-23-24-26/h3-6,13-15H,2,7-12H2,1H3. The molecule has 30 heavy (non-hydrogen) atoms. The number of thiazole rings is 1. The summed E-state index contributed by atoms with van der Waals surface area (Å²) in [5.41, 5.74) is 1.79. The van der Waals surface area contributed by atoms with Crippen molar-refractivity contribution in [3.05, 3.63) is 46.7 Å². The van der Waals surface area contributed by atoms with Crippen molar-refractivity contribution in [3.8, 4) is 11.4 Å². The molecule has 1 aliphatic rings. The first-order chi connectivity index (χ1) is 14.7. The topological polar surface area (TPSA) is 95.3 Å². The Hall–Kier alpha value is -3.01. The maximum absolute atomic E-state index is 12.0. The van der Waals surface area contributed by atoms with Crippen molar-refractivity contribution in [2.24, 2.45) is 0 Å². The quantitative estimate of drug-likeness (QED) is 0.569. The van der Waals surface area contributed by atoms with E-state index < -0.39 is 0 Å². The third-order valence-corrected chi connectivity index (χ3v) is 5.99. The lowest BCUT2D eigenvalue weighted by Gasteiger charge is -2.30. The van der Waals surface area contributed by atoms with Gasteiger partial charge in [0, 0.05) is 24.4 Å². The molecular formula is C20H24N6O3S. The summed E-state index contributed by atoms with van der Waals surface area (Å²) in [6.07, 6.45) is 4.01. The minimum absolute atomic E-state index is 0.199. The van der Waals surface area contributed by atoms with Gasteiger partial charge in [0.15, 0.2) is 0 Å². The minimum Gasteiger partial charge on any atom is -0.487 e. The van der Waals surface area contributed by atoms with Crippen LogP contribution >= 0.6 is 11.3 Å². The van der Waals surface area contributed by atoms with Gasteiger partial charge in [0.05, 0.1) is 23.0 Å². The smallest absolute Gasteiger partial charge is 0.409 e. The van der Waals surface area contributed by atoms with Crippen molar-refractivity contribution < 1.29 is 14.3 Å². The second-order valence-corrected chi connectivity index (χ2v) is 7.98. The van der Waals surface area contributed by atoms with E-state index in [0.29, 0.717) is 32.2 Å². The highest BCUT2D eigenvalue weighted by Gasteiger charge is 2.26. The summed E-state index contributed by atoms with van der Waals surface area (Å²) < 4.78 is 12.7. The lowest BCUT2D eigenvalue weighted by molar-refractivity contribution is 0.0927. The van der Waals surface area contributed by atoms with E-state index in [1.165, 1.54) is 0 Å². The van der Waals surface area contributed by atoms with Crippen LogP contribution in [0.25, 0.3) is 5.69 Å². The second-order valence-electron chi connectivity index (χ2n) is 7.09. The van der Waals surface area contributed by atoms with Gasteiger partial charge in [0.2, 0.25) is 0 Å². The molecule has 0 aliphatic carbocycles. The van der Waals surface area contributed by atoms with E-state index in [0.717, 1.165) is 41.4 Å². The fourth-order valence-electron chi connectivity index (χ4n) is 3.30. The van der Waals surface area contributed by atoms with Crippen LogP contribution in [0.15, 0.2) is 36.0 Å². The predicted octanol–water partition coefficient (Wildman–Crippen LogP) is 3.42. The summed E-state index contributed by atoms with van der Waals surface area (Å²) in [6, 6.07) is 7.57. The molecule has 9 nitrogen and oxygen atoms in total. The van der Waals surface area contributed by atoms with Crippen LogP contribution in [0.2, 0.25) is 0 Å². The van der Waals surface area contributed by atoms with E-state index in [2.05, 4.69) is 15.5 Å². The van der Waals surface area contributed by atoms with Gasteiger partial charge in [-0.05, 0) is 54.0 Å². The van der Waals surface area contributed by atoms with Gasteiger partial charge in [0.25, 0.3) is 0 Å². The maximum Gasteiger partial charge on any atom is 0.409 e. The van der Waals surface area contributed by atoms with Crippen molar-refractivity contribution in [1.82, 2.24) is 30.1 Å². The van der Waals surface area contributed by atoms with Crippen molar-refractivity contribution in [2.45, 2.75) is 38.7 Å². The first-order valence-electron chi connectivity index (χ1n) is 10.0. The van der Waals surface area contributed by atoms with E-state index in [1.807, 2.05) is 36.6 Å². The highest BCUT2D eigenvalue weighted by molar-refractivity contribution is 7.09. The van der Waals surface area contributed by atoms with E-state index in [-0.39, 0.29) is 6.09 Å². The highest BCUT2D eigenvalue weighted by Crippen LogP contribution is 2.31. The molecule has 0 N–H and O–H groups in total. The summed E-state index contributed by atoms with van der Waals surface area (Å²) in [6.45, 7) is 4.32. The molecule has 10 heteroatoms. The number of carbonyl (C=O) groups excluding carboxylic acids is 1. The molecule has 0 spiro atoms. The van der Waals surface area contributed by atoms with Crippen molar-refractivity contribution in [3.63, 3.8) is 0 Å².